The molecule has 0 saturated carbocycles. The highest BCUT2D eigenvalue weighted by atomic mass is 32.2. The lowest BCUT2D eigenvalue weighted by Gasteiger charge is -2.09. The summed E-state index contributed by atoms with van der Waals surface area (Å²) in [6.45, 7) is 4.38. The molecule has 0 aliphatic rings. The van der Waals surface area contributed by atoms with Crippen molar-refractivity contribution in [2.45, 2.75) is 58.5 Å². The van der Waals surface area contributed by atoms with Crippen LogP contribution in [0.25, 0.3) is 0 Å². The van der Waals surface area contributed by atoms with Crippen LogP contribution in [0, 0.1) is 0 Å². The van der Waals surface area contributed by atoms with Crippen LogP contribution in [-0.4, -0.2) is 22.7 Å². The van der Waals surface area contributed by atoms with Crippen molar-refractivity contribution in [3.05, 3.63) is 0 Å². The van der Waals surface area contributed by atoms with Crippen molar-refractivity contribution < 1.29 is 5.11 Å². The summed E-state index contributed by atoms with van der Waals surface area (Å²) in [7, 11) is 0. The molecule has 1 atom stereocenters. The molecule has 0 aromatic rings. The summed E-state index contributed by atoms with van der Waals surface area (Å²) in [6, 6.07) is 0. The van der Waals surface area contributed by atoms with Gasteiger partial charge in [0.05, 0.1) is 6.10 Å². The third-order valence-corrected chi connectivity index (χ3v) is 3.12. The van der Waals surface area contributed by atoms with Crippen molar-refractivity contribution in [1.82, 2.24) is 0 Å². The first-order valence-corrected chi connectivity index (χ1v) is 6.72. The van der Waals surface area contributed by atoms with Gasteiger partial charge in [-0.2, -0.15) is 11.8 Å². The molecule has 1 nitrogen and oxygen atoms in total. The molecule has 1 unspecified atom stereocenters. The summed E-state index contributed by atoms with van der Waals surface area (Å²) in [5.74, 6) is 2.29. The van der Waals surface area contributed by atoms with E-state index in [1.807, 2.05) is 11.8 Å². The summed E-state index contributed by atoms with van der Waals surface area (Å²) in [5, 5.41) is 9.56. The Balaban J connectivity index is 3.05. The van der Waals surface area contributed by atoms with E-state index in [0.717, 1.165) is 18.6 Å². The smallest absolute Gasteiger partial charge is 0.0548 e. The highest BCUT2D eigenvalue weighted by molar-refractivity contribution is 7.99. The summed E-state index contributed by atoms with van der Waals surface area (Å²) in [6.07, 6.45) is 7.02. The Kier molecular flexibility index (Phi) is 10.6. The number of hydrogen-bond acceptors (Lipinski definition) is 2. The van der Waals surface area contributed by atoms with E-state index in [9.17, 15) is 5.11 Å². The Labute approximate surface area is 87.3 Å². The number of aliphatic hydroxyl groups excluding tert-OH is 1. The van der Waals surface area contributed by atoms with E-state index >= 15 is 0 Å². The quantitative estimate of drug-likeness (QED) is 0.580. The standard InChI is InChI=1S/C11H24OS/c1-3-5-6-7-8-11(12)9-10-13-4-2/h11-12H,3-10H2,1-2H3. The van der Waals surface area contributed by atoms with Crippen molar-refractivity contribution in [3.8, 4) is 0 Å². The lowest BCUT2D eigenvalue weighted by atomic mass is 10.1. The molecule has 0 fully saturated rings. The zero-order valence-corrected chi connectivity index (χ0v) is 9.91. The zero-order chi connectivity index (χ0) is 9.94. The minimum atomic E-state index is -0.0455. The van der Waals surface area contributed by atoms with Crippen LogP contribution >= 0.6 is 11.8 Å². The topological polar surface area (TPSA) is 20.2 Å². The lowest BCUT2D eigenvalue weighted by Crippen LogP contribution is -2.07. The van der Waals surface area contributed by atoms with Gasteiger partial charge in [-0.3, -0.25) is 0 Å². The van der Waals surface area contributed by atoms with E-state index in [1.165, 1.54) is 31.4 Å². The minimum Gasteiger partial charge on any atom is -0.393 e. The Morgan fingerprint density at radius 1 is 1.08 bits per heavy atom. The Morgan fingerprint density at radius 2 is 1.85 bits per heavy atom. The third-order valence-electron chi connectivity index (χ3n) is 2.19. The second-order valence-electron chi connectivity index (χ2n) is 3.49. The third kappa shape index (κ3) is 10.2. The molecule has 0 aromatic carbocycles. The van der Waals surface area contributed by atoms with Gasteiger partial charge in [0, 0.05) is 0 Å². The zero-order valence-electron chi connectivity index (χ0n) is 9.09. The molecular formula is C11H24OS. The summed E-state index contributed by atoms with van der Waals surface area (Å²) in [4.78, 5) is 0. The minimum absolute atomic E-state index is 0.0455. The molecule has 0 spiro atoms. The first kappa shape index (κ1) is 13.3. The molecule has 0 aliphatic carbocycles. The van der Waals surface area contributed by atoms with Crippen molar-refractivity contribution in [2.75, 3.05) is 11.5 Å². The van der Waals surface area contributed by atoms with Gasteiger partial charge in [-0.15, -0.1) is 0 Å². The van der Waals surface area contributed by atoms with Crippen LogP contribution in [0.4, 0.5) is 0 Å². The van der Waals surface area contributed by atoms with E-state index in [-0.39, 0.29) is 6.10 Å². The van der Waals surface area contributed by atoms with E-state index in [1.54, 1.807) is 0 Å². The van der Waals surface area contributed by atoms with Crippen molar-refractivity contribution in [2.24, 2.45) is 0 Å². The summed E-state index contributed by atoms with van der Waals surface area (Å²) in [5.41, 5.74) is 0. The molecule has 0 aliphatic heterocycles. The number of rotatable bonds is 9. The summed E-state index contributed by atoms with van der Waals surface area (Å²) < 4.78 is 0. The SMILES string of the molecule is CCCCCCC(O)CCSCC. The Hall–Kier alpha value is 0.310. The van der Waals surface area contributed by atoms with Gasteiger partial charge < -0.3 is 5.11 Å². The average Bonchev–Trinajstić information content (AvgIpc) is 2.13. The van der Waals surface area contributed by atoms with Gasteiger partial charge in [0.15, 0.2) is 0 Å². The fourth-order valence-corrected chi connectivity index (χ4v) is 2.04. The first-order chi connectivity index (χ1) is 6.31. The van der Waals surface area contributed by atoms with Crippen LogP contribution in [0.2, 0.25) is 0 Å². The van der Waals surface area contributed by atoms with Gasteiger partial charge in [-0.05, 0) is 24.3 Å². The van der Waals surface area contributed by atoms with E-state index < -0.39 is 0 Å². The van der Waals surface area contributed by atoms with Crippen LogP contribution in [0.15, 0.2) is 0 Å². The fourth-order valence-electron chi connectivity index (χ4n) is 1.31. The molecule has 0 saturated heterocycles. The summed E-state index contributed by atoms with van der Waals surface area (Å²) >= 11 is 1.92. The van der Waals surface area contributed by atoms with Crippen LogP contribution in [0.1, 0.15) is 52.4 Å². The number of unbranched alkanes of at least 4 members (excludes halogenated alkanes) is 3. The van der Waals surface area contributed by atoms with Crippen molar-refractivity contribution in [1.29, 1.82) is 0 Å². The Bertz CT molecular complexity index is 96.1. The van der Waals surface area contributed by atoms with Gasteiger partial charge in [-0.1, -0.05) is 39.5 Å². The van der Waals surface area contributed by atoms with Gasteiger partial charge in [0.2, 0.25) is 0 Å². The Morgan fingerprint density at radius 3 is 2.46 bits per heavy atom. The molecule has 0 aromatic heterocycles. The molecule has 0 amide bonds. The second-order valence-corrected chi connectivity index (χ2v) is 4.88. The van der Waals surface area contributed by atoms with Crippen molar-refractivity contribution >= 4 is 11.8 Å². The number of aliphatic hydroxyl groups is 1. The predicted octanol–water partition coefficient (Wildman–Crippen LogP) is 3.46. The predicted molar refractivity (Wildman–Crippen MR) is 62.4 cm³/mol. The first-order valence-electron chi connectivity index (χ1n) is 5.57. The number of hydrogen-bond donors (Lipinski definition) is 1. The maximum Gasteiger partial charge on any atom is 0.0548 e. The van der Waals surface area contributed by atoms with Gasteiger partial charge in [0.1, 0.15) is 0 Å². The van der Waals surface area contributed by atoms with Gasteiger partial charge >= 0.3 is 0 Å². The van der Waals surface area contributed by atoms with Crippen LogP contribution in [0.5, 0.6) is 0 Å². The maximum atomic E-state index is 9.56. The van der Waals surface area contributed by atoms with Gasteiger partial charge in [0.25, 0.3) is 0 Å². The van der Waals surface area contributed by atoms with E-state index in [2.05, 4.69) is 13.8 Å². The van der Waals surface area contributed by atoms with E-state index in [0.29, 0.717) is 0 Å². The highest BCUT2D eigenvalue weighted by Crippen LogP contribution is 2.10. The average molecular weight is 204 g/mol. The molecule has 0 bridgehead atoms. The maximum absolute atomic E-state index is 9.56. The molecule has 0 radical (unpaired) electrons. The molecule has 0 heterocycles. The number of thioether (sulfide) groups is 1. The van der Waals surface area contributed by atoms with E-state index in [4.69, 9.17) is 0 Å². The normalized spacial score (nSPS) is 13.2. The van der Waals surface area contributed by atoms with Gasteiger partial charge in [-0.25, -0.2) is 0 Å². The highest BCUT2D eigenvalue weighted by Gasteiger charge is 2.02. The van der Waals surface area contributed by atoms with Crippen LogP contribution < -0.4 is 0 Å². The lowest BCUT2D eigenvalue weighted by molar-refractivity contribution is 0.158. The molecule has 13 heavy (non-hydrogen) atoms. The van der Waals surface area contributed by atoms with Crippen LogP contribution in [-0.2, 0) is 0 Å². The molecule has 2 heteroatoms. The fraction of sp³-hybridized carbons (Fsp3) is 1.00. The van der Waals surface area contributed by atoms with Crippen LogP contribution in [0.3, 0.4) is 0 Å². The molecule has 0 rings (SSSR count). The molecule has 80 valence electrons. The van der Waals surface area contributed by atoms with Crippen molar-refractivity contribution in [3.63, 3.8) is 0 Å². The second kappa shape index (κ2) is 10.4. The molecular weight excluding hydrogens is 180 g/mol. The largest absolute Gasteiger partial charge is 0.393 e. The monoisotopic (exact) mass is 204 g/mol. The molecule has 1 N–H and O–H groups in total.